The van der Waals surface area contributed by atoms with Gasteiger partial charge < -0.3 is 24.8 Å². The van der Waals surface area contributed by atoms with Crippen molar-refractivity contribution in [3.63, 3.8) is 0 Å². The van der Waals surface area contributed by atoms with Gasteiger partial charge in [-0.1, -0.05) is 5.16 Å². The molecule has 4 rings (SSSR count). The van der Waals surface area contributed by atoms with Crippen molar-refractivity contribution in [1.82, 2.24) is 15.1 Å². The van der Waals surface area contributed by atoms with E-state index in [9.17, 15) is 15.0 Å². The first kappa shape index (κ1) is 18.7. The van der Waals surface area contributed by atoms with Crippen molar-refractivity contribution in [1.29, 1.82) is 0 Å². The lowest BCUT2D eigenvalue weighted by Crippen LogP contribution is -2.24. The smallest absolute Gasteiger partial charge is 0.277 e. The number of aromatic nitrogens is 3. The summed E-state index contributed by atoms with van der Waals surface area (Å²) in [5.41, 5.74) is 1.95. The van der Waals surface area contributed by atoms with E-state index in [-0.39, 0.29) is 24.5 Å². The Bertz CT molecular complexity index is 971. The molecule has 3 heterocycles. The number of aliphatic hydroxyl groups excluding tert-OH is 2. The van der Waals surface area contributed by atoms with E-state index < -0.39 is 12.2 Å². The van der Waals surface area contributed by atoms with Gasteiger partial charge in [0.2, 0.25) is 11.7 Å². The van der Waals surface area contributed by atoms with E-state index in [1.807, 2.05) is 0 Å². The van der Waals surface area contributed by atoms with Gasteiger partial charge in [-0.15, -0.1) is 11.3 Å². The third-order valence-electron chi connectivity index (χ3n) is 4.31. The van der Waals surface area contributed by atoms with Crippen LogP contribution < -0.4 is 5.32 Å². The van der Waals surface area contributed by atoms with E-state index in [0.717, 1.165) is 5.56 Å². The van der Waals surface area contributed by atoms with Gasteiger partial charge in [0.1, 0.15) is 22.9 Å². The first-order chi connectivity index (χ1) is 13.5. The number of thiazole rings is 1. The Labute approximate surface area is 164 Å². The summed E-state index contributed by atoms with van der Waals surface area (Å²) in [4.78, 5) is 19.9. The monoisotopic (exact) mass is 402 g/mol. The number of ether oxygens (including phenoxy) is 1. The molecule has 3 aromatic rings. The fourth-order valence-corrected chi connectivity index (χ4v) is 3.78. The van der Waals surface area contributed by atoms with Crippen LogP contribution in [0.25, 0.3) is 23.0 Å². The van der Waals surface area contributed by atoms with Crippen LogP contribution in [0.3, 0.4) is 0 Å². The molecular weight excluding hydrogens is 384 g/mol. The Balaban J connectivity index is 1.49. The Morgan fingerprint density at radius 3 is 2.79 bits per heavy atom. The summed E-state index contributed by atoms with van der Waals surface area (Å²) < 4.78 is 10.9. The molecule has 3 N–H and O–H groups in total. The predicted molar refractivity (Wildman–Crippen MR) is 100 cm³/mol. The molecule has 0 saturated carbocycles. The number of hydrogen-bond acceptors (Lipinski definition) is 9. The minimum atomic E-state index is -0.710. The Morgan fingerprint density at radius 1 is 1.32 bits per heavy atom. The third kappa shape index (κ3) is 3.80. The van der Waals surface area contributed by atoms with Gasteiger partial charge in [-0.05, 0) is 24.3 Å². The van der Waals surface area contributed by atoms with Crippen molar-refractivity contribution in [3.05, 3.63) is 34.7 Å². The van der Waals surface area contributed by atoms with Gasteiger partial charge in [-0.25, -0.2) is 4.98 Å². The van der Waals surface area contributed by atoms with Gasteiger partial charge in [0.05, 0.1) is 12.7 Å². The molecule has 0 radical (unpaired) electrons. The number of nitrogens with one attached hydrogen (secondary N) is 1. The Morgan fingerprint density at radius 2 is 2.11 bits per heavy atom. The van der Waals surface area contributed by atoms with Crippen LogP contribution in [0.2, 0.25) is 0 Å². The highest BCUT2D eigenvalue weighted by Crippen LogP contribution is 2.36. The molecular formula is C18H18N4O5S. The number of aliphatic hydroxyl groups is 2. The van der Waals surface area contributed by atoms with Crippen LogP contribution in [0.4, 0.5) is 5.69 Å². The number of nitrogens with zero attached hydrogens (tertiary/aromatic N) is 3. The first-order valence-corrected chi connectivity index (χ1v) is 9.53. The topological polar surface area (TPSA) is 131 Å². The molecule has 1 aliphatic heterocycles. The van der Waals surface area contributed by atoms with Crippen molar-refractivity contribution >= 4 is 22.9 Å². The van der Waals surface area contributed by atoms with Crippen LogP contribution in [0, 0.1) is 0 Å². The van der Waals surface area contributed by atoms with Crippen LogP contribution in [-0.2, 0) is 9.53 Å². The standard InChI is InChI=1S/C18H18N4O5S/c1-9(24)19-11-4-2-10(3-5-11)16-21-17(27-22-16)12-8-28-18(20-12)14-6-13(25)15(7-23)26-14/h2-5,8,13-15,23,25H,6-7H2,1H3,(H,19,24)/t13-,14-,15+/m0/s1. The SMILES string of the molecule is CC(=O)Nc1ccc(-c2noc(-c3csc([C@@H]4C[C@H](O)[C@@H](CO)O4)n3)n2)cc1. The number of anilines is 1. The summed E-state index contributed by atoms with van der Waals surface area (Å²) in [5, 5.41) is 28.2. The van der Waals surface area contributed by atoms with Gasteiger partial charge in [-0.3, -0.25) is 4.79 Å². The molecule has 0 unspecified atom stereocenters. The normalized spacial score (nSPS) is 21.8. The van der Waals surface area contributed by atoms with Crippen LogP contribution in [-0.4, -0.2) is 50.1 Å². The van der Waals surface area contributed by atoms with Gasteiger partial charge in [0.25, 0.3) is 5.89 Å². The maximum atomic E-state index is 11.1. The maximum Gasteiger partial charge on any atom is 0.277 e. The molecule has 1 amide bonds. The van der Waals surface area contributed by atoms with Crippen molar-refractivity contribution in [2.75, 3.05) is 11.9 Å². The number of carbonyl (C=O) groups is 1. The fourth-order valence-electron chi connectivity index (χ4n) is 2.94. The van der Waals surface area contributed by atoms with Gasteiger partial charge in [0, 0.05) is 30.0 Å². The summed E-state index contributed by atoms with van der Waals surface area (Å²) in [5.74, 6) is 0.547. The summed E-state index contributed by atoms with van der Waals surface area (Å²) in [7, 11) is 0. The van der Waals surface area contributed by atoms with E-state index in [4.69, 9.17) is 9.26 Å². The first-order valence-electron chi connectivity index (χ1n) is 8.65. The van der Waals surface area contributed by atoms with E-state index in [1.54, 1.807) is 29.6 Å². The molecule has 10 heteroatoms. The number of benzene rings is 1. The zero-order valence-electron chi connectivity index (χ0n) is 14.9. The minimum absolute atomic E-state index is 0.141. The van der Waals surface area contributed by atoms with Crippen molar-refractivity contribution in [2.24, 2.45) is 0 Å². The molecule has 1 saturated heterocycles. The maximum absolute atomic E-state index is 11.1. The zero-order chi connectivity index (χ0) is 19.7. The largest absolute Gasteiger partial charge is 0.394 e. The summed E-state index contributed by atoms with van der Waals surface area (Å²) >= 11 is 1.37. The fraction of sp³-hybridized carbons (Fsp3) is 0.333. The van der Waals surface area contributed by atoms with Gasteiger partial charge in [0.15, 0.2) is 0 Å². The minimum Gasteiger partial charge on any atom is -0.394 e. The lowest BCUT2D eigenvalue weighted by atomic mass is 10.1. The van der Waals surface area contributed by atoms with Gasteiger partial charge >= 0.3 is 0 Å². The second-order valence-corrected chi connectivity index (χ2v) is 7.29. The zero-order valence-corrected chi connectivity index (χ0v) is 15.7. The highest BCUT2D eigenvalue weighted by Gasteiger charge is 2.36. The molecule has 0 bridgehead atoms. The quantitative estimate of drug-likeness (QED) is 0.591. The molecule has 0 spiro atoms. The second kappa shape index (κ2) is 7.76. The van der Waals surface area contributed by atoms with Crippen LogP contribution >= 0.6 is 11.3 Å². The average Bonchev–Trinajstić information content (AvgIpc) is 3.40. The number of amides is 1. The number of carbonyl (C=O) groups excluding carboxylic acids is 1. The van der Waals surface area contributed by atoms with Crippen molar-refractivity contribution in [2.45, 2.75) is 31.7 Å². The Kier molecular flexibility index (Phi) is 5.18. The molecule has 1 aromatic carbocycles. The highest BCUT2D eigenvalue weighted by molar-refractivity contribution is 7.10. The van der Waals surface area contributed by atoms with Gasteiger partial charge in [-0.2, -0.15) is 4.98 Å². The van der Waals surface area contributed by atoms with E-state index >= 15 is 0 Å². The summed E-state index contributed by atoms with van der Waals surface area (Å²) in [6, 6.07) is 7.09. The van der Waals surface area contributed by atoms with Crippen LogP contribution in [0.15, 0.2) is 34.2 Å². The molecule has 1 fully saturated rings. The number of rotatable bonds is 5. The average molecular weight is 402 g/mol. The Hall–Kier alpha value is -2.66. The third-order valence-corrected chi connectivity index (χ3v) is 5.25. The molecule has 2 aromatic heterocycles. The molecule has 28 heavy (non-hydrogen) atoms. The van der Waals surface area contributed by atoms with Crippen molar-refractivity contribution < 1.29 is 24.3 Å². The van der Waals surface area contributed by atoms with Crippen molar-refractivity contribution in [3.8, 4) is 23.0 Å². The summed E-state index contributed by atoms with van der Waals surface area (Å²) in [6.07, 6.45) is -1.28. The molecule has 0 aliphatic carbocycles. The second-order valence-electron chi connectivity index (χ2n) is 6.40. The molecule has 1 aliphatic rings. The van der Waals surface area contributed by atoms with E-state index in [1.165, 1.54) is 18.3 Å². The van der Waals surface area contributed by atoms with Crippen LogP contribution in [0.1, 0.15) is 24.5 Å². The lowest BCUT2D eigenvalue weighted by Gasteiger charge is -2.09. The van der Waals surface area contributed by atoms with E-state index in [2.05, 4.69) is 20.4 Å². The highest BCUT2D eigenvalue weighted by atomic mass is 32.1. The summed E-state index contributed by atoms with van der Waals surface area (Å²) in [6.45, 7) is 1.21. The van der Waals surface area contributed by atoms with Crippen LogP contribution in [0.5, 0.6) is 0 Å². The predicted octanol–water partition coefficient (Wildman–Crippen LogP) is 2.00. The lowest BCUT2D eigenvalue weighted by molar-refractivity contribution is -0.114. The molecule has 3 atom stereocenters. The molecule has 146 valence electrons. The molecule has 9 nitrogen and oxygen atoms in total. The number of hydrogen-bond donors (Lipinski definition) is 3. The van der Waals surface area contributed by atoms with E-state index in [0.29, 0.717) is 28.6 Å².